The maximum Gasteiger partial charge on any atom is 0.310 e. The van der Waals surface area contributed by atoms with Gasteiger partial charge in [0.15, 0.2) is 0 Å². The van der Waals surface area contributed by atoms with Gasteiger partial charge in [-0.3, -0.25) is 4.79 Å². The molecule has 0 bridgehead atoms. The molecule has 2 rings (SSSR count). The Hall–Kier alpha value is -1.02. The molecule has 1 aliphatic carbocycles. The minimum atomic E-state index is -0.0857. The summed E-state index contributed by atoms with van der Waals surface area (Å²) in [5, 5.41) is 0.722. The number of esters is 1. The predicted molar refractivity (Wildman–Crippen MR) is 68.1 cm³/mol. The zero-order chi connectivity index (χ0) is 12.6. The van der Waals surface area contributed by atoms with Crippen LogP contribution >= 0.6 is 11.6 Å². The smallest absolute Gasteiger partial charge is 0.310 e. The van der Waals surface area contributed by atoms with Crippen LogP contribution < -0.4 is 0 Å². The van der Waals surface area contributed by atoms with E-state index in [2.05, 4.69) is 13.8 Å². The monoisotopic (exact) mass is 252 g/mol. The Morgan fingerprint density at radius 3 is 2.47 bits per heavy atom. The summed E-state index contributed by atoms with van der Waals surface area (Å²) in [7, 11) is 0. The molecule has 0 N–H and O–H groups in total. The van der Waals surface area contributed by atoms with Crippen molar-refractivity contribution in [3.05, 3.63) is 34.9 Å². The normalized spacial score (nSPS) is 25.4. The van der Waals surface area contributed by atoms with E-state index in [-0.39, 0.29) is 23.2 Å². The first-order chi connectivity index (χ1) is 7.98. The quantitative estimate of drug-likeness (QED) is 0.768. The first-order valence-corrected chi connectivity index (χ1v) is 6.28. The summed E-state index contributed by atoms with van der Waals surface area (Å²) in [6.07, 6.45) is 0. The molecular weight excluding hydrogens is 236 g/mol. The van der Waals surface area contributed by atoms with Gasteiger partial charge in [-0.1, -0.05) is 37.6 Å². The van der Waals surface area contributed by atoms with Gasteiger partial charge < -0.3 is 4.74 Å². The Labute approximate surface area is 107 Å². The summed E-state index contributed by atoms with van der Waals surface area (Å²) < 4.78 is 5.11. The predicted octanol–water partition coefficient (Wildman–Crippen LogP) is 3.64. The van der Waals surface area contributed by atoms with Gasteiger partial charge in [0.25, 0.3) is 0 Å². The number of halogens is 1. The second-order valence-corrected chi connectivity index (χ2v) is 5.52. The van der Waals surface area contributed by atoms with E-state index in [1.807, 2.05) is 31.2 Å². The molecular formula is C14H17ClO2. The average molecular weight is 253 g/mol. The lowest BCUT2D eigenvalue weighted by Gasteiger charge is -2.02. The van der Waals surface area contributed by atoms with E-state index in [1.54, 1.807) is 0 Å². The highest BCUT2D eigenvalue weighted by Crippen LogP contribution is 2.64. The Morgan fingerprint density at radius 2 is 1.94 bits per heavy atom. The van der Waals surface area contributed by atoms with Crippen molar-refractivity contribution in [2.75, 3.05) is 6.61 Å². The van der Waals surface area contributed by atoms with E-state index in [0.29, 0.717) is 6.61 Å². The average Bonchev–Trinajstić information content (AvgIpc) is 2.83. The first kappa shape index (κ1) is 12.4. The van der Waals surface area contributed by atoms with Gasteiger partial charge in [-0.05, 0) is 30.0 Å². The highest BCUT2D eigenvalue weighted by molar-refractivity contribution is 6.30. The van der Waals surface area contributed by atoms with Crippen LogP contribution in [0.25, 0.3) is 0 Å². The molecule has 0 aromatic heterocycles. The van der Waals surface area contributed by atoms with Gasteiger partial charge in [0.2, 0.25) is 0 Å². The summed E-state index contributed by atoms with van der Waals surface area (Å²) >= 11 is 5.86. The Kier molecular flexibility index (Phi) is 3.17. The number of benzene rings is 1. The Balaban J connectivity index is 2.18. The number of rotatable bonds is 3. The standard InChI is InChI=1S/C14H17ClO2/c1-4-17-13(16)12-11(14(12,2)3)9-5-7-10(15)8-6-9/h5-8,11-12H,4H2,1-3H3/t11-,12+/m1/s1. The van der Waals surface area contributed by atoms with Crippen LogP contribution in [-0.4, -0.2) is 12.6 Å². The van der Waals surface area contributed by atoms with Crippen molar-refractivity contribution in [2.24, 2.45) is 11.3 Å². The molecule has 0 spiro atoms. The van der Waals surface area contributed by atoms with E-state index < -0.39 is 0 Å². The molecule has 2 atom stereocenters. The number of ether oxygens (including phenoxy) is 1. The molecule has 0 amide bonds. The van der Waals surface area contributed by atoms with E-state index in [0.717, 1.165) is 10.6 Å². The van der Waals surface area contributed by atoms with Crippen molar-refractivity contribution in [3.63, 3.8) is 0 Å². The molecule has 0 aliphatic heterocycles. The maximum atomic E-state index is 11.8. The van der Waals surface area contributed by atoms with E-state index in [1.165, 1.54) is 0 Å². The minimum Gasteiger partial charge on any atom is -0.466 e. The maximum absolute atomic E-state index is 11.8. The molecule has 3 heteroatoms. The van der Waals surface area contributed by atoms with Gasteiger partial charge in [-0.25, -0.2) is 0 Å². The number of hydrogen-bond donors (Lipinski definition) is 0. The molecule has 1 saturated carbocycles. The molecule has 2 nitrogen and oxygen atoms in total. The van der Waals surface area contributed by atoms with Crippen molar-refractivity contribution < 1.29 is 9.53 Å². The molecule has 0 heterocycles. The minimum absolute atomic E-state index is 0.0138. The van der Waals surface area contributed by atoms with Gasteiger partial charge in [-0.2, -0.15) is 0 Å². The van der Waals surface area contributed by atoms with Crippen molar-refractivity contribution >= 4 is 17.6 Å². The van der Waals surface area contributed by atoms with Crippen LogP contribution in [0, 0.1) is 11.3 Å². The summed E-state index contributed by atoms with van der Waals surface area (Å²) in [5.41, 5.74) is 1.15. The van der Waals surface area contributed by atoms with Crippen LogP contribution in [0.5, 0.6) is 0 Å². The van der Waals surface area contributed by atoms with Crippen LogP contribution in [0.2, 0.25) is 5.02 Å². The Bertz CT molecular complexity index is 422. The Morgan fingerprint density at radius 1 is 1.35 bits per heavy atom. The van der Waals surface area contributed by atoms with Crippen LogP contribution in [-0.2, 0) is 9.53 Å². The third-order valence-electron chi connectivity index (χ3n) is 3.60. The molecule has 17 heavy (non-hydrogen) atoms. The fraction of sp³-hybridized carbons (Fsp3) is 0.500. The van der Waals surface area contributed by atoms with Gasteiger partial charge in [-0.15, -0.1) is 0 Å². The summed E-state index contributed by atoms with van der Waals surface area (Å²) in [6.45, 7) is 6.49. The van der Waals surface area contributed by atoms with Crippen molar-refractivity contribution in [1.82, 2.24) is 0 Å². The van der Waals surface area contributed by atoms with Gasteiger partial charge in [0, 0.05) is 10.9 Å². The highest BCUT2D eigenvalue weighted by atomic mass is 35.5. The molecule has 1 aromatic carbocycles. The van der Waals surface area contributed by atoms with Gasteiger partial charge >= 0.3 is 5.97 Å². The summed E-state index contributed by atoms with van der Waals surface area (Å²) in [6, 6.07) is 7.73. The van der Waals surface area contributed by atoms with E-state index >= 15 is 0 Å². The summed E-state index contributed by atoms with van der Waals surface area (Å²) in [4.78, 5) is 11.8. The lowest BCUT2D eigenvalue weighted by atomic mass is 10.0. The fourth-order valence-corrected chi connectivity index (χ4v) is 2.73. The highest BCUT2D eigenvalue weighted by Gasteiger charge is 2.63. The third-order valence-corrected chi connectivity index (χ3v) is 3.85. The van der Waals surface area contributed by atoms with Crippen molar-refractivity contribution in [1.29, 1.82) is 0 Å². The number of hydrogen-bond acceptors (Lipinski definition) is 2. The van der Waals surface area contributed by atoms with Gasteiger partial charge in [0.05, 0.1) is 12.5 Å². The van der Waals surface area contributed by atoms with Crippen molar-refractivity contribution in [3.8, 4) is 0 Å². The van der Waals surface area contributed by atoms with E-state index in [9.17, 15) is 4.79 Å². The summed E-state index contributed by atoms with van der Waals surface area (Å²) in [5.74, 6) is 0.139. The van der Waals surface area contributed by atoms with Gasteiger partial charge in [0.1, 0.15) is 0 Å². The first-order valence-electron chi connectivity index (χ1n) is 5.90. The zero-order valence-corrected chi connectivity index (χ0v) is 11.1. The third kappa shape index (κ3) is 2.19. The molecule has 1 aromatic rings. The lowest BCUT2D eigenvalue weighted by Crippen LogP contribution is -2.10. The number of carbonyl (C=O) groups excluding carboxylic acids is 1. The fourth-order valence-electron chi connectivity index (χ4n) is 2.60. The largest absolute Gasteiger partial charge is 0.466 e. The molecule has 1 fully saturated rings. The zero-order valence-electron chi connectivity index (χ0n) is 10.4. The van der Waals surface area contributed by atoms with Crippen LogP contribution in [0.15, 0.2) is 24.3 Å². The van der Waals surface area contributed by atoms with Crippen LogP contribution in [0.4, 0.5) is 0 Å². The second kappa shape index (κ2) is 4.34. The van der Waals surface area contributed by atoms with Crippen LogP contribution in [0.1, 0.15) is 32.3 Å². The molecule has 0 saturated heterocycles. The van der Waals surface area contributed by atoms with Crippen molar-refractivity contribution in [2.45, 2.75) is 26.7 Å². The second-order valence-electron chi connectivity index (χ2n) is 5.08. The molecule has 1 aliphatic rings. The number of carbonyl (C=O) groups is 1. The van der Waals surface area contributed by atoms with Crippen LogP contribution in [0.3, 0.4) is 0 Å². The van der Waals surface area contributed by atoms with E-state index in [4.69, 9.17) is 16.3 Å². The molecule has 92 valence electrons. The molecule has 0 radical (unpaired) electrons. The lowest BCUT2D eigenvalue weighted by molar-refractivity contribution is -0.145. The topological polar surface area (TPSA) is 26.3 Å². The molecule has 0 unspecified atom stereocenters. The SMILES string of the molecule is CCOC(=O)[C@@H]1[C@@H](c2ccc(Cl)cc2)C1(C)C.